The zero-order valence-corrected chi connectivity index (χ0v) is 14.9. The molecule has 1 saturated heterocycles. The standard InChI is InChI=1S/C18H23N5O3/c1-21-16(24)10-15(19-18(21)26)22-8-4-6-13(22)11-23-17(25)9-12-5-2-3-7-14(12)20-23/h9-10,13H,2-8,11H2,1H3,(H,19,26). The van der Waals surface area contributed by atoms with Crippen LogP contribution in [0.15, 0.2) is 26.5 Å². The van der Waals surface area contributed by atoms with Gasteiger partial charge in [0.1, 0.15) is 5.82 Å². The molecule has 138 valence electrons. The molecule has 3 heterocycles. The van der Waals surface area contributed by atoms with Crippen LogP contribution in [0.25, 0.3) is 0 Å². The molecule has 2 aliphatic rings. The highest BCUT2D eigenvalue weighted by Gasteiger charge is 2.27. The van der Waals surface area contributed by atoms with Gasteiger partial charge in [0.15, 0.2) is 0 Å². The van der Waals surface area contributed by atoms with E-state index in [9.17, 15) is 14.4 Å². The monoisotopic (exact) mass is 357 g/mol. The highest BCUT2D eigenvalue weighted by molar-refractivity contribution is 5.39. The van der Waals surface area contributed by atoms with E-state index in [4.69, 9.17) is 0 Å². The molecule has 1 fully saturated rings. The van der Waals surface area contributed by atoms with E-state index in [1.807, 2.05) is 4.90 Å². The summed E-state index contributed by atoms with van der Waals surface area (Å²) in [6, 6.07) is 3.20. The number of rotatable bonds is 3. The maximum absolute atomic E-state index is 12.4. The predicted octanol–water partition coefficient (Wildman–Crippen LogP) is 0.178. The number of H-pyrrole nitrogens is 1. The molecule has 1 aliphatic heterocycles. The highest BCUT2D eigenvalue weighted by atomic mass is 16.2. The van der Waals surface area contributed by atoms with E-state index in [1.165, 1.54) is 13.1 Å². The average Bonchev–Trinajstić information content (AvgIpc) is 3.08. The lowest BCUT2D eigenvalue weighted by atomic mass is 9.97. The normalized spacial score (nSPS) is 19.6. The van der Waals surface area contributed by atoms with Crippen LogP contribution in [0.2, 0.25) is 0 Å². The molecular weight excluding hydrogens is 334 g/mol. The lowest BCUT2D eigenvalue weighted by molar-refractivity contribution is 0.471. The molecule has 0 spiro atoms. The fourth-order valence-corrected chi connectivity index (χ4v) is 3.97. The van der Waals surface area contributed by atoms with E-state index >= 15 is 0 Å². The van der Waals surface area contributed by atoms with Crippen LogP contribution in [0, 0.1) is 0 Å². The van der Waals surface area contributed by atoms with Gasteiger partial charge in [-0.1, -0.05) is 0 Å². The van der Waals surface area contributed by atoms with Gasteiger partial charge in [0.2, 0.25) is 0 Å². The van der Waals surface area contributed by atoms with Gasteiger partial charge in [-0.05, 0) is 44.1 Å². The minimum Gasteiger partial charge on any atom is -0.353 e. The third-order valence-corrected chi connectivity index (χ3v) is 5.47. The fraction of sp³-hybridized carbons (Fsp3) is 0.556. The van der Waals surface area contributed by atoms with Crippen LogP contribution in [0.1, 0.15) is 36.9 Å². The first kappa shape index (κ1) is 16.8. The number of anilines is 1. The van der Waals surface area contributed by atoms with Crippen molar-refractivity contribution in [3.05, 3.63) is 54.6 Å². The number of aromatic nitrogens is 4. The summed E-state index contributed by atoms with van der Waals surface area (Å²) < 4.78 is 2.59. The number of nitrogens with zero attached hydrogens (tertiary/aromatic N) is 4. The van der Waals surface area contributed by atoms with Gasteiger partial charge in [0.25, 0.3) is 11.1 Å². The average molecular weight is 357 g/mol. The van der Waals surface area contributed by atoms with Crippen molar-refractivity contribution in [2.45, 2.75) is 51.1 Å². The number of fused-ring (bicyclic) bond motifs is 1. The van der Waals surface area contributed by atoms with E-state index < -0.39 is 5.69 Å². The van der Waals surface area contributed by atoms with Gasteiger partial charge in [-0.2, -0.15) is 5.10 Å². The van der Waals surface area contributed by atoms with Crippen LogP contribution >= 0.6 is 0 Å². The van der Waals surface area contributed by atoms with E-state index in [0.717, 1.165) is 60.9 Å². The topological polar surface area (TPSA) is 93.0 Å². The van der Waals surface area contributed by atoms with Crippen LogP contribution in [0.5, 0.6) is 0 Å². The van der Waals surface area contributed by atoms with Crippen LogP contribution < -0.4 is 21.7 Å². The Morgan fingerprint density at radius 3 is 2.73 bits per heavy atom. The zero-order chi connectivity index (χ0) is 18.3. The number of nitrogens with one attached hydrogen (secondary N) is 1. The Morgan fingerprint density at radius 1 is 1.12 bits per heavy atom. The summed E-state index contributed by atoms with van der Waals surface area (Å²) in [6.45, 7) is 1.21. The van der Waals surface area contributed by atoms with Gasteiger partial charge in [-0.15, -0.1) is 0 Å². The van der Waals surface area contributed by atoms with Gasteiger partial charge in [0, 0.05) is 25.7 Å². The van der Waals surface area contributed by atoms with Crippen molar-refractivity contribution in [1.82, 2.24) is 19.3 Å². The fourth-order valence-electron chi connectivity index (χ4n) is 3.97. The number of aryl methyl sites for hydroxylation is 2. The van der Waals surface area contributed by atoms with Crippen LogP contribution in [-0.4, -0.2) is 31.9 Å². The molecule has 1 atom stereocenters. The summed E-state index contributed by atoms with van der Waals surface area (Å²) in [4.78, 5) is 41.1. The molecular formula is C18H23N5O3. The summed E-state index contributed by atoms with van der Waals surface area (Å²) in [6.07, 6.45) is 5.92. The zero-order valence-electron chi connectivity index (χ0n) is 14.9. The van der Waals surface area contributed by atoms with Crippen molar-refractivity contribution >= 4 is 5.82 Å². The van der Waals surface area contributed by atoms with Crippen molar-refractivity contribution < 1.29 is 0 Å². The van der Waals surface area contributed by atoms with Gasteiger partial charge >= 0.3 is 5.69 Å². The van der Waals surface area contributed by atoms with Crippen molar-refractivity contribution in [2.75, 3.05) is 11.4 Å². The van der Waals surface area contributed by atoms with Crippen molar-refractivity contribution in [1.29, 1.82) is 0 Å². The Hall–Kier alpha value is -2.64. The van der Waals surface area contributed by atoms with Crippen molar-refractivity contribution in [3.63, 3.8) is 0 Å². The van der Waals surface area contributed by atoms with Crippen LogP contribution in [0.3, 0.4) is 0 Å². The summed E-state index contributed by atoms with van der Waals surface area (Å²) in [5.41, 5.74) is 1.27. The van der Waals surface area contributed by atoms with Crippen LogP contribution in [0.4, 0.5) is 5.82 Å². The van der Waals surface area contributed by atoms with Gasteiger partial charge < -0.3 is 4.90 Å². The molecule has 2 aromatic rings. The molecule has 4 rings (SSSR count). The smallest absolute Gasteiger partial charge is 0.329 e. The van der Waals surface area contributed by atoms with E-state index in [1.54, 1.807) is 10.7 Å². The number of hydrogen-bond donors (Lipinski definition) is 1. The Morgan fingerprint density at radius 2 is 1.92 bits per heavy atom. The lowest BCUT2D eigenvalue weighted by Crippen LogP contribution is -2.41. The maximum Gasteiger partial charge on any atom is 0.329 e. The van der Waals surface area contributed by atoms with Crippen LogP contribution in [-0.2, 0) is 26.4 Å². The van der Waals surface area contributed by atoms with Gasteiger partial charge in [-0.25, -0.2) is 9.48 Å². The molecule has 1 aliphatic carbocycles. The molecule has 0 radical (unpaired) electrons. The summed E-state index contributed by atoms with van der Waals surface area (Å²) >= 11 is 0. The second-order valence-electron chi connectivity index (χ2n) is 7.19. The third-order valence-electron chi connectivity index (χ3n) is 5.47. The Kier molecular flexibility index (Phi) is 4.26. The molecule has 26 heavy (non-hydrogen) atoms. The summed E-state index contributed by atoms with van der Waals surface area (Å²) in [5.74, 6) is 0.520. The molecule has 0 saturated carbocycles. The van der Waals surface area contributed by atoms with Crippen molar-refractivity contribution in [3.8, 4) is 0 Å². The molecule has 1 unspecified atom stereocenters. The van der Waals surface area contributed by atoms with Gasteiger partial charge in [-0.3, -0.25) is 19.1 Å². The molecule has 8 heteroatoms. The maximum atomic E-state index is 12.4. The first-order valence-electron chi connectivity index (χ1n) is 9.20. The second-order valence-corrected chi connectivity index (χ2v) is 7.19. The minimum absolute atomic E-state index is 0.0320. The molecule has 2 aromatic heterocycles. The Labute approximate surface area is 150 Å². The largest absolute Gasteiger partial charge is 0.353 e. The lowest BCUT2D eigenvalue weighted by Gasteiger charge is -2.26. The Bertz CT molecular complexity index is 972. The van der Waals surface area contributed by atoms with Crippen molar-refractivity contribution in [2.24, 2.45) is 7.05 Å². The first-order chi connectivity index (χ1) is 12.5. The SMILES string of the molecule is Cn1c(=O)cc(N2CCCC2Cn2nc3c(cc2=O)CCCC3)[nH]c1=O. The Balaban J connectivity index is 1.63. The molecule has 0 bridgehead atoms. The minimum atomic E-state index is -0.428. The molecule has 8 nitrogen and oxygen atoms in total. The highest BCUT2D eigenvalue weighted by Crippen LogP contribution is 2.23. The first-order valence-corrected chi connectivity index (χ1v) is 9.20. The predicted molar refractivity (Wildman–Crippen MR) is 97.8 cm³/mol. The number of hydrogen-bond acceptors (Lipinski definition) is 5. The van der Waals surface area contributed by atoms with E-state index in [2.05, 4.69) is 10.1 Å². The summed E-state index contributed by atoms with van der Waals surface area (Å²) in [7, 11) is 1.45. The van der Waals surface area contributed by atoms with E-state index in [-0.39, 0.29) is 17.2 Å². The second kappa shape index (κ2) is 6.59. The number of aromatic amines is 1. The van der Waals surface area contributed by atoms with Gasteiger partial charge in [0.05, 0.1) is 18.3 Å². The quantitative estimate of drug-likeness (QED) is 0.846. The molecule has 1 N–H and O–H groups in total. The third kappa shape index (κ3) is 3.00. The molecule has 0 amide bonds. The molecule has 0 aromatic carbocycles. The summed E-state index contributed by atoms with van der Waals surface area (Å²) in [5, 5.41) is 4.59. The van der Waals surface area contributed by atoms with E-state index in [0.29, 0.717) is 12.4 Å².